The Kier molecular flexibility index (Phi) is 4.88. The quantitative estimate of drug-likeness (QED) is 0.526. The van der Waals surface area contributed by atoms with Crippen LogP contribution in [0.2, 0.25) is 0 Å². The van der Waals surface area contributed by atoms with Crippen molar-refractivity contribution < 1.29 is 4.74 Å². The van der Waals surface area contributed by atoms with Gasteiger partial charge in [-0.3, -0.25) is 9.88 Å². The molecule has 2 aliphatic rings. The van der Waals surface area contributed by atoms with Crippen molar-refractivity contribution in [2.24, 2.45) is 0 Å². The summed E-state index contributed by atoms with van der Waals surface area (Å²) in [4.78, 5) is 9.48. The Morgan fingerprint density at radius 3 is 2.93 bits per heavy atom. The Morgan fingerprint density at radius 1 is 1.23 bits per heavy atom. The molecule has 5 rings (SSSR count). The number of halogens is 1. The van der Waals surface area contributed by atoms with Gasteiger partial charge >= 0.3 is 0 Å². The molecule has 6 heteroatoms. The number of hydrogen-bond acceptors (Lipinski definition) is 5. The number of hydrogen-bond donors (Lipinski definition) is 0. The molecule has 3 aromatic rings. The first-order valence-corrected chi connectivity index (χ1v) is 11.0. The van der Waals surface area contributed by atoms with Gasteiger partial charge in [-0.15, -0.1) is 0 Å². The zero-order valence-corrected chi connectivity index (χ0v) is 18.7. The zero-order chi connectivity index (χ0) is 20.8. The maximum Gasteiger partial charge on any atom is 0.125 e. The van der Waals surface area contributed by atoms with Crippen molar-refractivity contribution in [3.8, 4) is 11.8 Å². The Labute approximate surface area is 185 Å². The van der Waals surface area contributed by atoms with Gasteiger partial charge in [-0.25, -0.2) is 0 Å². The summed E-state index contributed by atoms with van der Waals surface area (Å²) in [6, 6.07) is 15.2. The van der Waals surface area contributed by atoms with E-state index in [1.807, 2.05) is 12.1 Å². The molecule has 0 aliphatic carbocycles. The number of benzene rings is 2. The summed E-state index contributed by atoms with van der Waals surface area (Å²) in [6.07, 6.45) is 1.75. The lowest BCUT2D eigenvalue weighted by molar-refractivity contribution is 0.0892. The Balaban J connectivity index is 1.48. The lowest BCUT2D eigenvalue weighted by Gasteiger charge is -2.45. The van der Waals surface area contributed by atoms with Crippen LogP contribution in [0, 0.1) is 18.3 Å². The van der Waals surface area contributed by atoms with Crippen molar-refractivity contribution in [3.63, 3.8) is 0 Å². The predicted octanol–water partition coefficient (Wildman–Crippen LogP) is 4.65. The van der Waals surface area contributed by atoms with Crippen molar-refractivity contribution in [2.75, 3.05) is 24.6 Å². The standard InChI is InChI=1S/C24H23BrN4O/c1-15-8-18-12-29-16(2)11-28(13-19(29)14-30-23(18)9-21(15)25)22-6-5-17(10-26)24-20(22)4-3-7-27-24/h3-9,16,19H,11-14H2,1-2H3/t16-,19-/m1/s1. The first-order valence-electron chi connectivity index (χ1n) is 10.3. The monoisotopic (exact) mass is 462 g/mol. The largest absolute Gasteiger partial charge is 0.492 e. The average molecular weight is 463 g/mol. The fourth-order valence-electron chi connectivity index (χ4n) is 4.73. The highest BCUT2D eigenvalue weighted by molar-refractivity contribution is 9.10. The summed E-state index contributed by atoms with van der Waals surface area (Å²) in [6.45, 7) is 7.79. The van der Waals surface area contributed by atoms with Gasteiger partial charge in [0.25, 0.3) is 0 Å². The molecule has 3 heterocycles. The number of pyridine rings is 1. The van der Waals surface area contributed by atoms with Gasteiger partial charge in [-0.1, -0.05) is 15.9 Å². The lowest BCUT2D eigenvalue weighted by atomic mass is 10.0. The summed E-state index contributed by atoms with van der Waals surface area (Å²) in [7, 11) is 0. The molecule has 152 valence electrons. The summed E-state index contributed by atoms with van der Waals surface area (Å²) < 4.78 is 7.35. The van der Waals surface area contributed by atoms with Crippen molar-refractivity contribution in [1.82, 2.24) is 9.88 Å². The third-order valence-electron chi connectivity index (χ3n) is 6.28. The van der Waals surface area contributed by atoms with E-state index in [1.54, 1.807) is 6.20 Å². The van der Waals surface area contributed by atoms with Gasteiger partial charge in [0.15, 0.2) is 0 Å². The third-order valence-corrected chi connectivity index (χ3v) is 7.14. The number of fused-ring (bicyclic) bond motifs is 3. The number of ether oxygens (including phenoxy) is 1. The Morgan fingerprint density at radius 2 is 2.10 bits per heavy atom. The molecular weight excluding hydrogens is 440 g/mol. The van der Waals surface area contributed by atoms with Gasteiger partial charge in [-0.05, 0) is 55.8 Å². The maximum atomic E-state index is 9.46. The second-order valence-electron chi connectivity index (χ2n) is 8.24. The summed E-state index contributed by atoms with van der Waals surface area (Å²) in [5.41, 5.74) is 5.03. The van der Waals surface area contributed by atoms with Crippen molar-refractivity contribution in [2.45, 2.75) is 32.5 Å². The van der Waals surface area contributed by atoms with Crippen LogP contribution < -0.4 is 9.64 Å². The molecule has 1 saturated heterocycles. The van der Waals surface area contributed by atoms with E-state index in [0.717, 1.165) is 46.4 Å². The Bertz CT molecular complexity index is 1170. The molecular formula is C24H23BrN4O. The second-order valence-corrected chi connectivity index (χ2v) is 9.10. The van der Waals surface area contributed by atoms with E-state index in [2.05, 4.69) is 74.9 Å². The first kappa shape index (κ1) is 19.3. The van der Waals surface area contributed by atoms with Crippen LogP contribution in [0.15, 0.2) is 47.1 Å². The molecule has 0 amide bonds. The SMILES string of the molecule is Cc1cc2c(cc1Br)OC[C@H]1CN(c3ccc(C#N)c4ncccc34)C[C@@H](C)N1C2. The molecule has 2 aromatic carbocycles. The number of anilines is 1. The minimum Gasteiger partial charge on any atom is -0.492 e. The first-order chi connectivity index (χ1) is 14.5. The van der Waals surface area contributed by atoms with E-state index < -0.39 is 0 Å². The molecule has 5 nitrogen and oxygen atoms in total. The van der Waals surface area contributed by atoms with Gasteiger partial charge in [-0.2, -0.15) is 5.26 Å². The Hall–Kier alpha value is -2.62. The summed E-state index contributed by atoms with van der Waals surface area (Å²) in [5.74, 6) is 0.980. The minimum atomic E-state index is 0.294. The van der Waals surface area contributed by atoms with Gasteiger partial charge in [0.05, 0.1) is 17.1 Å². The van der Waals surface area contributed by atoms with Crippen LogP contribution in [0.5, 0.6) is 5.75 Å². The van der Waals surface area contributed by atoms with E-state index in [0.29, 0.717) is 24.3 Å². The van der Waals surface area contributed by atoms with Crippen LogP contribution in [-0.4, -0.2) is 41.7 Å². The normalized spacial score (nSPS) is 21.3. The number of nitriles is 1. The van der Waals surface area contributed by atoms with Crippen LogP contribution in [0.4, 0.5) is 5.69 Å². The molecule has 0 radical (unpaired) electrons. The third kappa shape index (κ3) is 3.23. The molecule has 2 aliphatic heterocycles. The number of nitrogens with zero attached hydrogens (tertiary/aromatic N) is 4. The number of aryl methyl sites for hydroxylation is 1. The smallest absolute Gasteiger partial charge is 0.125 e. The summed E-state index contributed by atoms with van der Waals surface area (Å²) >= 11 is 3.63. The molecule has 1 aromatic heterocycles. The molecule has 30 heavy (non-hydrogen) atoms. The fraction of sp³-hybridized carbons (Fsp3) is 0.333. The average Bonchev–Trinajstić information content (AvgIpc) is 2.93. The minimum absolute atomic E-state index is 0.294. The van der Waals surface area contributed by atoms with Gasteiger partial charge in [0.1, 0.15) is 18.4 Å². The summed E-state index contributed by atoms with van der Waals surface area (Å²) in [5, 5.41) is 10.5. The van der Waals surface area contributed by atoms with E-state index in [1.165, 1.54) is 11.1 Å². The van der Waals surface area contributed by atoms with Gasteiger partial charge in [0.2, 0.25) is 0 Å². The molecule has 0 bridgehead atoms. The van der Waals surface area contributed by atoms with E-state index in [4.69, 9.17) is 4.74 Å². The van der Waals surface area contributed by atoms with Crippen LogP contribution in [0.25, 0.3) is 10.9 Å². The van der Waals surface area contributed by atoms with Crippen LogP contribution >= 0.6 is 15.9 Å². The van der Waals surface area contributed by atoms with Crippen LogP contribution in [-0.2, 0) is 6.54 Å². The van der Waals surface area contributed by atoms with Crippen LogP contribution in [0.1, 0.15) is 23.6 Å². The highest BCUT2D eigenvalue weighted by Gasteiger charge is 2.35. The lowest BCUT2D eigenvalue weighted by Crippen LogP contribution is -2.58. The molecule has 1 fully saturated rings. The predicted molar refractivity (Wildman–Crippen MR) is 122 cm³/mol. The van der Waals surface area contributed by atoms with E-state index in [9.17, 15) is 5.26 Å². The maximum absolute atomic E-state index is 9.46. The van der Waals surface area contributed by atoms with Crippen LogP contribution in [0.3, 0.4) is 0 Å². The molecule has 2 atom stereocenters. The van der Waals surface area contributed by atoms with E-state index in [-0.39, 0.29) is 0 Å². The topological polar surface area (TPSA) is 52.4 Å². The fourth-order valence-corrected chi connectivity index (χ4v) is 5.06. The highest BCUT2D eigenvalue weighted by atomic mass is 79.9. The molecule has 0 N–H and O–H groups in total. The zero-order valence-electron chi connectivity index (χ0n) is 17.1. The second kappa shape index (κ2) is 7.57. The number of piperazine rings is 1. The van der Waals surface area contributed by atoms with Crippen molar-refractivity contribution in [1.29, 1.82) is 5.26 Å². The molecule has 0 saturated carbocycles. The van der Waals surface area contributed by atoms with Crippen molar-refractivity contribution in [3.05, 3.63) is 63.8 Å². The van der Waals surface area contributed by atoms with Gasteiger partial charge < -0.3 is 9.64 Å². The van der Waals surface area contributed by atoms with Crippen molar-refractivity contribution >= 4 is 32.5 Å². The van der Waals surface area contributed by atoms with E-state index >= 15 is 0 Å². The molecule has 0 spiro atoms. The number of rotatable bonds is 1. The number of aromatic nitrogens is 1. The highest BCUT2D eigenvalue weighted by Crippen LogP contribution is 2.35. The molecule has 0 unspecified atom stereocenters. The van der Waals surface area contributed by atoms with Gasteiger partial charge in [0, 0.05) is 53.0 Å².